The van der Waals surface area contributed by atoms with Crippen molar-refractivity contribution in [2.24, 2.45) is 23.5 Å². The molecular weight excluding hydrogens is 420 g/mol. The molecule has 0 bridgehead atoms. The summed E-state index contributed by atoms with van der Waals surface area (Å²) in [6.07, 6.45) is 2.14. The lowest BCUT2D eigenvalue weighted by Gasteiger charge is -2.24. The number of carbonyl (C=O) groups is 4. The molecule has 1 aromatic carbocycles. The normalized spacial score (nSPS) is 12.8. The topological polar surface area (TPSA) is 130 Å². The zero-order valence-corrected chi connectivity index (χ0v) is 20.6. The van der Waals surface area contributed by atoms with Crippen molar-refractivity contribution in [3.63, 3.8) is 0 Å². The van der Waals surface area contributed by atoms with Gasteiger partial charge in [0.05, 0.1) is 6.04 Å². The van der Waals surface area contributed by atoms with Crippen molar-refractivity contribution in [3.8, 4) is 0 Å². The predicted molar refractivity (Wildman–Crippen MR) is 131 cm³/mol. The van der Waals surface area contributed by atoms with E-state index in [0.717, 1.165) is 6.42 Å². The molecule has 0 radical (unpaired) electrons. The zero-order chi connectivity index (χ0) is 25.0. The molecule has 0 saturated carbocycles. The second-order valence-electron chi connectivity index (χ2n) is 9.23. The van der Waals surface area contributed by atoms with Crippen LogP contribution in [0.5, 0.6) is 0 Å². The molecule has 5 N–H and O–H groups in total. The fourth-order valence-corrected chi connectivity index (χ4v) is 3.59. The van der Waals surface area contributed by atoms with Gasteiger partial charge in [-0.05, 0) is 48.8 Å². The van der Waals surface area contributed by atoms with Crippen LogP contribution in [0.3, 0.4) is 0 Å². The van der Waals surface area contributed by atoms with E-state index in [-0.39, 0.29) is 36.4 Å². The summed E-state index contributed by atoms with van der Waals surface area (Å²) < 4.78 is 0. The van der Waals surface area contributed by atoms with Crippen molar-refractivity contribution in [1.29, 1.82) is 0 Å². The monoisotopic (exact) mass is 460 g/mol. The second kappa shape index (κ2) is 14.3. The Morgan fingerprint density at radius 3 is 2.15 bits per heavy atom. The molecule has 0 aliphatic heterocycles. The first-order chi connectivity index (χ1) is 15.5. The number of anilines is 1. The number of nitrogens with two attached hydrogens (primary N) is 1. The van der Waals surface area contributed by atoms with Gasteiger partial charge in [0, 0.05) is 31.0 Å². The first-order valence-corrected chi connectivity index (χ1v) is 11.8. The maximum Gasteiger partial charge on any atom is 0.312 e. The molecule has 0 aromatic heterocycles. The number of hydrogen-bond donors (Lipinski definition) is 4. The van der Waals surface area contributed by atoms with Crippen molar-refractivity contribution < 1.29 is 19.2 Å². The third-order valence-electron chi connectivity index (χ3n) is 5.36. The summed E-state index contributed by atoms with van der Waals surface area (Å²) in [5.41, 5.74) is 6.96. The average molecular weight is 461 g/mol. The molecule has 0 fully saturated rings. The number of urea groups is 1. The van der Waals surface area contributed by atoms with E-state index in [1.807, 2.05) is 38.1 Å². The maximum absolute atomic E-state index is 13.0. The summed E-state index contributed by atoms with van der Waals surface area (Å²) in [7, 11) is 0. The Bertz CT molecular complexity index is 790. The molecule has 1 rings (SSSR count). The van der Waals surface area contributed by atoms with Crippen LogP contribution >= 0.6 is 0 Å². The number of nitrogens with one attached hydrogen (secondary N) is 3. The number of benzene rings is 1. The molecule has 4 amide bonds. The Kier molecular flexibility index (Phi) is 12.2. The highest BCUT2D eigenvalue weighted by Gasteiger charge is 2.29. The number of amides is 4. The van der Waals surface area contributed by atoms with Crippen LogP contribution in [0.15, 0.2) is 24.3 Å². The summed E-state index contributed by atoms with van der Waals surface area (Å²) in [6.45, 7) is 10.1. The van der Waals surface area contributed by atoms with Gasteiger partial charge >= 0.3 is 6.03 Å². The van der Waals surface area contributed by atoms with Gasteiger partial charge in [-0.15, -0.1) is 0 Å². The number of ketones is 1. The molecular formula is C25H40N4O4. The van der Waals surface area contributed by atoms with Crippen LogP contribution in [-0.2, 0) is 20.8 Å². The molecule has 0 aliphatic carbocycles. The minimum absolute atomic E-state index is 0.000673. The molecule has 0 aliphatic rings. The molecule has 184 valence electrons. The van der Waals surface area contributed by atoms with Crippen LogP contribution < -0.4 is 21.7 Å². The number of primary amides is 1. The van der Waals surface area contributed by atoms with Crippen LogP contribution in [-0.4, -0.2) is 36.2 Å². The van der Waals surface area contributed by atoms with E-state index in [0.29, 0.717) is 31.0 Å². The lowest BCUT2D eigenvalue weighted by Crippen LogP contribution is -2.45. The first kappa shape index (κ1) is 28.1. The van der Waals surface area contributed by atoms with E-state index < -0.39 is 18.0 Å². The molecule has 0 unspecified atom stereocenters. The number of Topliss-reactive ketones (excluding diaryl/α,β-unsaturated/α-hetero) is 1. The molecule has 8 heteroatoms. The minimum atomic E-state index is -0.646. The van der Waals surface area contributed by atoms with Gasteiger partial charge < -0.3 is 21.7 Å². The molecule has 1 aromatic rings. The molecule has 2 atom stereocenters. The number of rotatable bonds is 14. The lowest BCUT2D eigenvalue weighted by atomic mass is 9.89. The predicted octanol–water partition coefficient (Wildman–Crippen LogP) is 3.40. The fraction of sp³-hybridized carbons (Fsp3) is 0.600. The van der Waals surface area contributed by atoms with Gasteiger partial charge in [-0.1, -0.05) is 46.8 Å². The van der Waals surface area contributed by atoms with Gasteiger partial charge in [-0.2, -0.15) is 0 Å². The summed E-state index contributed by atoms with van der Waals surface area (Å²) in [5, 5.41) is 8.18. The Morgan fingerprint density at radius 2 is 1.64 bits per heavy atom. The highest BCUT2D eigenvalue weighted by molar-refractivity contribution is 5.97. The Morgan fingerprint density at radius 1 is 1.00 bits per heavy atom. The fourth-order valence-electron chi connectivity index (χ4n) is 3.59. The Balaban J connectivity index is 2.90. The highest BCUT2D eigenvalue weighted by atomic mass is 16.2. The maximum atomic E-state index is 13.0. The second-order valence-corrected chi connectivity index (χ2v) is 9.23. The van der Waals surface area contributed by atoms with Gasteiger partial charge in [-0.3, -0.25) is 14.4 Å². The van der Waals surface area contributed by atoms with E-state index in [4.69, 9.17) is 5.73 Å². The third-order valence-corrected chi connectivity index (χ3v) is 5.36. The van der Waals surface area contributed by atoms with Crippen molar-refractivity contribution in [1.82, 2.24) is 10.6 Å². The highest BCUT2D eigenvalue weighted by Crippen LogP contribution is 2.20. The number of hydrogen-bond acceptors (Lipinski definition) is 4. The van der Waals surface area contributed by atoms with Gasteiger partial charge in [0.2, 0.25) is 11.8 Å². The Labute approximate surface area is 197 Å². The number of carbonyl (C=O) groups excluding carboxylic acids is 4. The molecule has 0 heterocycles. The molecule has 0 saturated heterocycles. The van der Waals surface area contributed by atoms with Crippen LogP contribution in [0.2, 0.25) is 0 Å². The van der Waals surface area contributed by atoms with Gasteiger partial charge in [0.1, 0.15) is 0 Å². The van der Waals surface area contributed by atoms with Gasteiger partial charge in [-0.25, -0.2) is 4.79 Å². The van der Waals surface area contributed by atoms with Crippen molar-refractivity contribution >= 4 is 29.3 Å². The van der Waals surface area contributed by atoms with Crippen molar-refractivity contribution in [3.05, 3.63) is 29.8 Å². The lowest BCUT2D eigenvalue weighted by molar-refractivity contribution is -0.131. The van der Waals surface area contributed by atoms with E-state index >= 15 is 0 Å². The van der Waals surface area contributed by atoms with E-state index in [1.165, 1.54) is 5.56 Å². The SMILES string of the molecule is CCC(=O)N[C@H](C(=O)C[C@@H](CCCNC(N)=O)C(=O)Nc1ccc(CC(C)C)cc1)C(C)C. The Hall–Kier alpha value is -2.90. The van der Waals surface area contributed by atoms with Crippen LogP contribution in [0.25, 0.3) is 0 Å². The van der Waals surface area contributed by atoms with E-state index in [2.05, 4.69) is 29.8 Å². The summed E-state index contributed by atoms with van der Waals surface area (Å²) in [6, 6.07) is 6.43. The molecule has 0 spiro atoms. The average Bonchev–Trinajstić information content (AvgIpc) is 2.74. The minimum Gasteiger partial charge on any atom is -0.352 e. The largest absolute Gasteiger partial charge is 0.352 e. The van der Waals surface area contributed by atoms with Gasteiger partial charge in [0.25, 0.3) is 0 Å². The third kappa shape index (κ3) is 11.0. The summed E-state index contributed by atoms with van der Waals surface area (Å²) >= 11 is 0. The van der Waals surface area contributed by atoms with Crippen molar-refractivity contribution in [2.75, 3.05) is 11.9 Å². The summed E-state index contributed by atoms with van der Waals surface area (Å²) in [4.78, 5) is 48.8. The van der Waals surface area contributed by atoms with Gasteiger partial charge in [0.15, 0.2) is 5.78 Å². The van der Waals surface area contributed by atoms with Crippen LogP contribution in [0.4, 0.5) is 10.5 Å². The summed E-state index contributed by atoms with van der Waals surface area (Å²) in [5.74, 6) is -0.790. The quantitative estimate of drug-likeness (QED) is 0.317. The standard InChI is InChI=1S/C25H40N4O4/c1-6-22(31)29-23(17(4)5)21(30)15-19(8-7-13-27-25(26)33)24(32)28-20-11-9-18(10-12-20)14-16(2)3/h9-12,16-17,19,23H,6-8,13-15H2,1-5H3,(H,28,32)(H,29,31)(H3,26,27,33)/t19-,23+/m1/s1. The van der Waals surface area contributed by atoms with E-state index in [1.54, 1.807) is 6.92 Å². The zero-order valence-electron chi connectivity index (χ0n) is 20.6. The van der Waals surface area contributed by atoms with Crippen LogP contribution in [0, 0.1) is 17.8 Å². The molecule has 33 heavy (non-hydrogen) atoms. The molecule has 8 nitrogen and oxygen atoms in total. The van der Waals surface area contributed by atoms with Crippen LogP contribution in [0.1, 0.15) is 65.9 Å². The smallest absolute Gasteiger partial charge is 0.312 e. The van der Waals surface area contributed by atoms with Crippen molar-refractivity contribution in [2.45, 2.75) is 72.8 Å². The van der Waals surface area contributed by atoms with E-state index in [9.17, 15) is 19.2 Å². The first-order valence-electron chi connectivity index (χ1n) is 11.8.